The van der Waals surface area contributed by atoms with E-state index in [1.54, 1.807) is 18.3 Å². The van der Waals surface area contributed by atoms with Gasteiger partial charge in [-0.25, -0.2) is 9.78 Å². The largest absolute Gasteiger partial charge is 0.478 e. The molecule has 0 bridgehead atoms. The maximum Gasteiger partial charge on any atom is 0.337 e. The molecule has 0 atom stereocenters. The van der Waals surface area contributed by atoms with Crippen molar-refractivity contribution in [3.63, 3.8) is 0 Å². The van der Waals surface area contributed by atoms with E-state index >= 15 is 0 Å². The molecular formula is C14H16N2O3. The van der Waals surface area contributed by atoms with Crippen LogP contribution in [-0.4, -0.2) is 16.1 Å². The molecule has 0 aliphatic rings. The van der Waals surface area contributed by atoms with Gasteiger partial charge in [0.1, 0.15) is 5.76 Å². The molecule has 0 saturated heterocycles. The highest BCUT2D eigenvalue weighted by atomic mass is 16.4. The normalized spacial score (nSPS) is 10.4. The van der Waals surface area contributed by atoms with Gasteiger partial charge in [0, 0.05) is 6.42 Å². The average Bonchev–Trinajstić information content (AvgIpc) is 2.85. The van der Waals surface area contributed by atoms with Crippen molar-refractivity contribution in [1.29, 1.82) is 0 Å². The molecule has 0 fully saturated rings. The highest BCUT2D eigenvalue weighted by Gasteiger charge is 2.12. The lowest BCUT2D eigenvalue weighted by Gasteiger charge is -2.10. The lowest BCUT2D eigenvalue weighted by molar-refractivity contribution is 0.0698. The first-order valence-corrected chi connectivity index (χ1v) is 6.12. The van der Waals surface area contributed by atoms with Gasteiger partial charge in [-0.15, -0.1) is 0 Å². The van der Waals surface area contributed by atoms with Gasteiger partial charge in [-0.05, 0) is 18.6 Å². The van der Waals surface area contributed by atoms with Crippen molar-refractivity contribution in [3.05, 3.63) is 47.2 Å². The maximum atomic E-state index is 11.2. The van der Waals surface area contributed by atoms with Crippen molar-refractivity contribution >= 4 is 11.7 Å². The van der Waals surface area contributed by atoms with Gasteiger partial charge in [-0.1, -0.05) is 19.1 Å². The Bertz CT molecular complexity index is 590. The number of nitrogens with one attached hydrogen (secondary N) is 1. The van der Waals surface area contributed by atoms with Crippen LogP contribution in [0.4, 0.5) is 5.69 Å². The third kappa shape index (κ3) is 2.93. The maximum absolute atomic E-state index is 11.2. The summed E-state index contributed by atoms with van der Waals surface area (Å²) in [5.41, 5.74) is 1.73. The minimum absolute atomic E-state index is 0.252. The van der Waals surface area contributed by atoms with Crippen molar-refractivity contribution in [1.82, 2.24) is 4.98 Å². The van der Waals surface area contributed by atoms with Gasteiger partial charge in [0.2, 0.25) is 5.89 Å². The molecule has 0 aliphatic heterocycles. The van der Waals surface area contributed by atoms with Crippen molar-refractivity contribution in [2.24, 2.45) is 0 Å². The number of hydrogen-bond acceptors (Lipinski definition) is 4. The summed E-state index contributed by atoms with van der Waals surface area (Å²) in [6.07, 6.45) is 2.48. The SMILES string of the molecule is CCc1cnc(CNc2c(C)cccc2C(=O)O)o1. The quantitative estimate of drug-likeness (QED) is 0.864. The predicted molar refractivity (Wildman–Crippen MR) is 71.3 cm³/mol. The molecule has 100 valence electrons. The molecule has 2 rings (SSSR count). The monoisotopic (exact) mass is 260 g/mol. The number of rotatable bonds is 5. The minimum Gasteiger partial charge on any atom is -0.478 e. The fraction of sp³-hybridized carbons (Fsp3) is 0.286. The molecule has 0 spiro atoms. The van der Waals surface area contributed by atoms with Crippen LogP contribution in [0.1, 0.15) is 34.5 Å². The van der Waals surface area contributed by atoms with Crippen molar-refractivity contribution in [3.8, 4) is 0 Å². The molecule has 2 aromatic rings. The van der Waals surface area contributed by atoms with Gasteiger partial charge < -0.3 is 14.8 Å². The smallest absolute Gasteiger partial charge is 0.337 e. The lowest BCUT2D eigenvalue weighted by atomic mass is 10.1. The predicted octanol–water partition coefficient (Wildman–Crippen LogP) is 2.86. The zero-order valence-corrected chi connectivity index (χ0v) is 10.9. The summed E-state index contributed by atoms with van der Waals surface area (Å²) < 4.78 is 5.47. The second kappa shape index (κ2) is 5.56. The summed E-state index contributed by atoms with van der Waals surface area (Å²) in [6, 6.07) is 5.16. The zero-order chi connectivity index (χ0) is 13.8. The topological polar surface area (TPSA) is 75.4 Å². The Morgan fingerprint density at radius 3 is 2.89 bits per heavy atom. The van der Waals surface area contributed by atoms with Gasteiger partial charge in [-0.3, -0.25) is 0 Å². The number of nitrogens with zero attached hydrogens (tertiary/aromatic N) is 1. The fourth-order valence-corrected chi connectivity index (χ4v) is 1.84. The van der Waals surface area contributed by atoms with Crippen LogP contribution in [0.5, 0.6) is 0 Å². The second-order valence-electron chi connectivity index (χ2n) is 4.23. The van der Waals surface area contributed by atoms with Gasteiger partial charge in [0.05, 0.1) is 24.0 Å². The fourth-order valence-electron chi connectivity index (χ4n) is 1.84. The van der Waals surface area contributed by atoms with E-state index in [9.17, 15) is 4.79 Å². The van der Waals surface area contributed by atoms with Crippen LogP contribution in [0.25, 0.3) is 0 Å². The van der Waals surface area contributed by atoms with Gasteiger partial charge in [0.15, 0.2) is 0 Å². The lowest BCUT2D eigenvalue weighted by Crippen LogP contribution is -2.08. The molecular weight excluding hydrogens is 244 g/mol. The highest BCUT2D eigenvalue weighted by Crippen LogP contribution is 2.21. The Hall–Kier alpha value is -2.30. The van der Waals surface area contributed by atoms with E-state index in [0.717, 1.165) is 17.7 Å². The number of anilines is 1. The number of aromatic carboxylic acids is 1. The summed E-state index contributed by atoms with van der Waals surface area (Å²) in [5.74, 6) is 0.421. The van der Waals surface area contributed by atoms with E-state index < -0.39 is 5.97 Å². The number of carbonyl (C=O) groups is 1. The molecule has 0 aliphatic carbocycles. The molecule has 1 heterocycles. The van der Waals surface area contributed by atoms with Crippen molar-refractivity contribution in [2.75, 3.05) is 5.32 Å². The van der Waals surface area contributed by atoms with E-state index in [1.807, 2.05) is 19.9 Å². The molecule has 0 amide bonds. The number of oxazole rings is 1. The number of carboxylic acids is 1. The number of hydrogen-bond donors (Lipinski definition) is 2. The molecule has 0 radical (unpaired) electrons. The third-order valence-electron chi connectivity index (χ3n) is 2.87. The van der Waals surface area contributed by atoms with Crippen LogP contribution >= 0.6 is 0 Å². The average molecular weight is 260 g/mol. The zero-order valence-electron chi connectivity index (χ0n) is 10.9. The van der Waals surface area contributed by atoms with Crippen LogP contribution in [0, 0.1) is 6.92 Å². The highest BCUT2D eigenvalue weighted by molar-refractivity contribution is 5.95. The Labute approximate surface area is 111 Å². The van der Waals surface area contributed by atoms with E-state index in [-0.39, 0.29) is 5.56 Å². The van der Waals surface area contributed by atoms with Crippen LogP contribution in [0.15, 0.2) is 28.8 Å². The number of aromatic nitrogens is 1. The molecule has 0 unspecified atom stereocenters. The van der Waals surface area contributed by atoms with Gasteiger partial charge in [0.25, 0.3) is 0 Å². The van der Waals surface area contributed by atoms with E-state index in [1.165, 1.54) is 0 Å². The second-order valence-corrected chi connectivity index (χ2v) is 4.23. The summed E-state index contributed by atoms with van der Waals surface area (Å²) in [7, 11) is 0. The van der Waals surface area contributed by atoms with Crippen molar-refractivity contribution < 1.29 is 14.3 Å². The molecule has 0 saturated carbocycles. The molecule has 5 nitrogen and oxygen atoms in total. The van der Waals surface area contributed by atoms with E-state index in [2.05, 4.69) is 10.3 Å². The van der Waals surface area contributed by atoms with E-state index in [4.69, 9.17) is 9.52 Å². The summed E-state index contributed by atoms with van der Waals surface area (Å²) in [5, 5.41) is 12.2. The molecule has 19 heavy (non-hydrogen) atoms. The molecule has 1 aromatic carbocycles. The summed E-state index contributed by atoms with van der Waals surface area (Å²) >= 11 is 0. The summed E-state index contributed by atoms with van der Waals surface area (Å²) in [6.45, 7) is 4.22. The minimum atomic E-state index is -0.951. The molecule has 1 aromatic heterocycles. The molecule has 5 heteroatoms. The third-order valence-corrected chi connectivity index (χ3v) is 2.87. The van der Waals surface area contributed by atoms with Crippen molar-refractivity contribution in [2.45, 2.75) is 26.8 Å². The Morgan fingerprint density at radius 1 is 1.47 bits per heavy atom. The first-order chi connectivity index (χ1) is 9.11. The summed E-state index contributed by atoms with van der Waals surface area (Å²) in [4.78, 5) is 15.3. The first-order valence-electron chi connectivity index (χ1n) is 6.12. The first kappa shape index (κ1) is 13.1. The van der Waals surface area contributed by atoms with Crippen LogP contribution in [0.3, 0.4) is 0 Å². The number of aryl methyl sites for hydroxylation is 2. The number of para-hydroxylation sites is 1. The van der Waals surface area contributed by atoms with E-state index in [0.29, 0.717) is 18.1 Å². The van der Waals surface area contributed by atoms with Gasteiger partial charge >= 0.3 is 5.97 Å². The van der Waals surface area contributed by atoms with Gasteiger partial charge in [-0.2, -0.15) is 0 Å². The Morgan fingerprint density at radius 2 is 2.26 bits per heavy atom. The van der Waals surface area contributed by atoms with Crippen LogP contribution < -0.4 is 5.32 Å². The number of carboxylic acid groups (broad SMARTS) is 1. The van der Waals surface area contributed by atoms with Crippen LogP contribution in [0.2, 0.25) is 0 Å². The standard InChI is InChI=1S/C14H16N2O3/c1-3-10-7-15-12(19-10)8-16-13-9(2)5-4-6-11(13)14(17)18/h4-7,16H,3,8H2,1-2H3,(H,17,18). The number of benzene rings is 1. The van der Waals surface area contributed by atoms with Crippen LogP contribution in [-0.2, 0) is 13.0 Å². The molecule has 2 N–H and O–H groups in total. The Balaban J connectivity index is 2.17. The Kier molecular flexibility index (Phi) is 3.85.